The highest BCUT2D eigenvalue weighted by atomic mass is 28.4. The molecular formula is C30H39NO3Si. The number of hydrogen-bond donors (Lipinski definition) is 0. The Morgan fingerprint density at radius 1 is 0.971 bits per heavy atom. The second kappa shape index (κ2) is 9.10. The van der Waals surface area contributed by atoms with Crippen LogP contribution in [-0.4, -0.2) is 24.8 Å². The fourth-order valence-corrected chi connectivity index (χ4v) is 6.07. The van der Waals surface area contributed by atoms with E-state index < -0.39 is 13.9 Å². The van der Waals surface area contributed by atoms with Crippen molar-refractivity contribution in [2.45, 2.75) is 77.4 Å². The van der Waals surface area contributed by atoms with Gasteiger partial charge in [0.25, 0.3) is 0 Å². The standard InChI is InChI=1S/C30H39NO3Si/c1-21-19-20-31(27-24(21)28(32)33-30(27,5)6)25(22-15-11-9-12-16-22)26(23-17-13-10-14-18-23)34-35(7,8)29(2,3)4/h9-21,25-26H,1-8H3/t21-,25-,26+/m1/s1. The lowest BCUT2D eigenvalue weighted by atomic mass is 9.87. The van der Waals surface area contributed by atoms with Crippen molar-refractivity contribution in [2.24, 2.45) is 5.92 Å². The van der Waals surface area contributed by atoms with Crippen molar-refractivity contribution in [3.05, 3.63) is 95.3 Å². The number of cyclic esters (lactones) is 1. The highest BCUT2D eigenvalue weighted by Crippen LogP contribution is 2.50. The molecule has 0 spiro atoms. The third-order valence-electron chi connectivity index (χ3n) is 7.73. The number of ether oxygens (including phenoxy) is 1. The third kappa shape index (κ3) is 4.76. The smallest absolute Gasteiger partial charge is 0.337 e. The maximum absolute atomic E-state index is 13.0. The lowest BCUT2D eigenvalue weighted by molar-refractivity contribution is -0.145. The molecule has 35 heavy (non-hydrogen) atoms. The quantitative estimate of drug-likeness (QED) is 0.310. The van der Waals surface area contributed by atoms with Crippen LogP contribution in [0.3, 0.4) is 0 Å². The van der Waals surface area contributed by atoms with Gasteiger partial charge in [-0.05, 0) is 43.1 Å². The van der Waals surface area contributed by atoms with Gasteiger partial charge in [0.2, 0.25) is 0 Å². The zero-order chi connectivity index (χ0) is 25.6. The predicted octanol–water partition coefficient (Wildman–Crippen LogP) is 7.55. The minimum Gasteiger partial charge on any atom is -0.450 e. The van der Waals surface area contributed by atoms with Crippen LogP contribution in [0.4, 0.5) is 0 Å². The molecule has 2 aliphatic heterocycles. The molecule has 2 aliphatic rings. The Bertz CT molecular complexity index is 1130. The number of nitrogens with zero attached hydrogens (tertiary/aromatic N) is 1. The van der Waals surface area contributed by atoms with E-state index in [0.717, 1.165) is 22.4 Å². The van der Waals surface area contributed by atoms with Gasteiger partial charge in [-0.15, -0.1) is 0 Å². The van der Waals surface area contributed by atoms with E-state index in [0.29, 0.717) is 0 Å². The Morgan fingerprint density at radius 3 is 2.06 bits per heavy atom. The summed E-state index contributed by atoms with van der Waals surface area (Å²) in [5.74, 6) is -0.219. The summed E-state index contributed by atoms with van der Waals surface area (Å²) in [7, 11) is -2.17. The zero-order valence-corrected chi connectivity index (χ0v) is 23.3. The van der Waals surface area contributed by atoms with E-state index in [9.17, 15) is 4.79 Å². The van der Waals surface area contributed by atoms with Crippen LogP contribution >= 0.6 is 0 Å². The summed E-state index contributed by atoms with van der Waals surface area (Å²) in [4.78, 5) is 15.2. The van der Waals surface area contributed by atoms with Gasteiger partial charge in [0, 0.05) is 12.1 Å². The SMILES string of the molecule is C[C@@H]1C=CN([C@H](c2ccccc2)[C@@H](O[Si](C)(C)C(C)(C)C)c2ccccc2)C2=C1C(=O)OC2(C)C. The Kier molecular flexibility index (Phi) is 6.62. The lowest BCUT2D eigenvalue weighted by Crippen LogP contribution is -2.45. The molecule has 0 bridgehead atoms. The molecule has 0 aromatic heterocycles. The summed E-state index contributed by atoms with van der Waals surface area (Å²) in [6.07, 6.45) is 4.00. The van der Waals surface area contributed by atoms with E-state index in [1.807, 2.05) is 26.0 Å². The average molecular weight is 490 g/mol. The Morgan fingerprint density at radius 2 is 1.51 bits per heavy atom. The third-order valence-corrected chi connectivity index (χ3v) is 12.2. The van der Waals surface area contributed by atoms with E-state index in [-0.39, 0.29) is 29.1 Å². The van der Waals surface area contributed by atoms with Gasteiger partial charge in [0.15, 0.2) is 8.32 Å². The van der Waals surface area contributed by atoms with Crippen LogP contribution in [0.25, 0.3) is 0 Å². The Labute approximate surface area is 211 Å². The molecule has 186 valence electrons. The van der Waals surface area contributed by atoms with Crippen LogP contribution in [0.5, 0.6) is 0 Å². The van der Waals surface area contributed by atoms with Crippen molar-refractivity contribution < 1.29 is 14.0 Å². The molecule has 0 N–H and O–H groups in total. The number of allylic oxidation sites excluding steroid dienone is 1. The summed E-state index contributed by atoms with van der Waals surface area (Å²) in [6.45, 7) is 17.5. The molecule has 0 saturated heterocycles. The number of benzene rings is 2. The minimum atomic E-state index is -2.17. The van der Waals surface area contributed by atoms with Crippen molar-refractivity contribution in [3.8, 4) is 0 Å². The first-order valence-electron chi connectivity index (χ1n) is 12.6. The number of hydrogen-bond acceptors (Lipinski definition) is 4. The molecular weight excluding hydrogens is 450 g/mol. The van der Waals surface area contributed by atoms with Crippen LogP contribution in [0.15, 0.2) is 84.2 Å². The Balaban J connectivity index is 1.94. The molecule has 4 nitrogen and oxygen atoms in total. The van der Waals surface area contributed by atoms with Gasteiger partial charge in [-0.1, -0.05) is 94.4 Å². The topological polar surface area (TPSA) is 38.8 Å². The van der Waals surface area contributed by atoms with E-state index in [1.165, 1.54) is 0 Å². The summed E-state index contributed by atoms with van der Waals surface area (Å²) < 4.78 is 13.1. The number of rotatable bonds is 6. The zero-order valence-electron chi connectivity index (χ0n) is 22.3. The molecule has 0 unspecified atom stereocenters. The molecule has 0 fully saturated rings. The monoisotopic (exact) mass is 489 g/mol. The van der Waals surface area contributed by atoms with Crippen LogP contribution in [-0.2, 0) is 14.0 Å². The molecule has 0 radical (unpaired) electrons. The van der Waals surface area contributed by atoms with Crippen molar-refractivity contribution in [2.75, 3.05) is 0 Å². The largest absolute Gasteiger partial charge is 0.450 e. The van der Waals surface area contributed by atoms with Crippen molar-refractivity contribution in [1.82, 2.24) is 4.90 Å². The molecule has 0 saturated carbocycles. The summed E-state index contributed by atoms with van der Waals surface area (Å²) >= 11 is 0. The van der Waals surface area contributed by atoms with Crippen LogP contribution in [0.2, 0.25) is 18.1 Å². The van der Waals surface area contributed by atoms with Crippen molar-refractivity contribution in [1.29, 1.82) is 0 Å². The lowest BCUT2D eigenvalue weighted by Gasteiger charge is -2.46. The molecule has 2 aromatic rings. The van der Waals surface area contributed by atoms with Gasteiger partial charge in [-0.25, -0.2) is 4.79 Å². The minimum absolute atomic E-state index is 0.00318. The van der Waals surface area contributed by atoms with E-state index in [2.05, 4.69) is 106 Å². The number of esters is 1. The summed E-state index contributed by atoms with van der Waals surface area (Å²) in [5.41, 5.74) is 3.23. The molecule has 0 amide bonds. The van der Waals surface area contributed by atoms with Crippen LogP contribution in [0.1, 0.15) is 64.8 Å². The fourth-order valence-electron chi connectivity index (χ4n) is 4.82. The second-order valence-corrected chi connectivity index (χ2v) is 16.5. The van der Waals surface area contributed by atoms with Crippen molar-refractivity contribution >= 4 is 14.3 Å². The highest BCUT2D eigenvalue weighted by molar-refractivity contribution is 6.74. The van der Waals surface area contributed by atoms with Gasteiger partial charge in [-0.2, -0.15) is 0 Å². The van der Waals surface area contributed by atoms with Gasteiger partial charge in [-0.3, -0.25) is 0 Å². The first-order chi connectivity index (χ1) is 16.3. The average Bonchev–Trinajstić information content (AvgIpc) is 3.04. The van der Waals surface area contributed by atoms with Gasteiger partial charge in [0.05, 0.1) is 23.4 Å². The van der Waals surface area contributed by atoms with Gasteiger partial charge < -0.3 is 14.1 Å². The van der Waals surface area contributed by atoms with Crippen LogP contribution in [0, 0.1) is 5.92 Å². The first-order valence-corrected chi connectivity index (χ1v) is 15.5. The molecule has 0 aliphatic carbocycles. The summed E-state index contributed by atoms with van der Waals surface area (Å²) in [6, 6.07) is 20.8. The molecule has 2 aromatic carbocycles. The van der Waals surface area contributed by atoms with Crippen molar-refractivity contribution in [3.63, 3.8) is 0 Å². The summed E-state index contributed by atoms with van der Waals surface area (Å²) in [5, 5.41) is 0.0453. The predicted molar refractivity (Wildman–Crippen MR) is 144 cm³/mol. The fraction of sp³-hybridized carbons (Fsp3) is 0.433. The second-order valence-electron chi connectivity index (χ2n) is 11.8. The highest BCUT2D eigenvalue weighted by Gasteiger charge is 2.50. The molecule has 4 rings (SSSR count). The molecule has 3 atom stereocenters. The maximum atomic E-state index is 13.0. The van der Waals surface area contributed by atoms with Crippen LogP contribution < -0.4 is 0 Å². The molecule has 2 heterocycles. The number of carbonyl (C=O) groups excluding carboxylic acids is 1. The van der Waals surface area contributed by atoms with E-state index >= 15 is 0 Å². The van der Waals surface area contributed by atoms with Gasteiger partial charge in [0.1, 0.15) is 5.60 Å². The Hall–Kier alpha value is -2.63. The number of carbonyl (C=O) groups is 1. The maximum Gasteiger partial charge on any atom is 0.337 e. The van der Waals surface area contributed by atoms with E-state index in [4.69, 9.17) is 9.16 Å². The van der Waals surface area contributed by atoms with Gasteiger partial charge >= 0.3 is 5.97 Å². The molecule has 5 heteroatoms. The first kappa shape index (κ1) is 25.5. The normalized spacial score (nSPS) is 21.5. The van der Waals surface area contributed by atoms with E-state index in [1.54, 1.807) is 0 Å².